The molecule has 0 bridgehead atoms. The summed E-state index contributed by atoms with van der Waals surface area (Å²) < 4.78 is 36.6. The molecule has 43 heavy (non-hydrogen) atoms. The maximum atomic E-state index is 12.6. The van der Waals surface area contributed by atoms with Gasteiger partial charge in [-0.3, -0.25) is 9.42 Å². The quantitative estimate of drug-likeness (QED) is 0.0596. The van der Waals surface area contributed by atoms with Crippen LogP contribution in [0.3, 0.4) is 0 Å². The fourth-order valence-corrected chi connectivity index (χ4v) is 6.86. The molecule has 1 aromatic heterocycles. The Balaban J connectivity index is 1.56. The number of rotatable bonds is 27. The van der Waals surface area contributed by atoms with Crippen LogP contribution in [-0.4, -0.2) is 37.9 Å². The molecule has 2 rings (SSSR count). The molecule has 0 radical (unpaired) electrons. The Labute approximate surface area is 265 Å². The summed E-state index contributed by atoms with van der Waals surface area (Å²) in [5.74, 6) is 0.870. The molecule has 2 unspecified atom stereocenters. The van der Waals surface area contributed by atoms with E-state index in [-0.39, 0.29) is 6.61 Å². The van der Waals surface area contributed by atoms with E-state index in [1.165, 1.54) is 82.1 Å². The van der Waals surface area contributed by atoms with Crippen molar-refractivity contribution in [1.82, 2.24) is 0 Å². The second-order valence-electron chi connectivity index (χ2n) is 12.1. The number of phosphoric acid groups is 1. The van der Waals surface area contributed by atoms with E-state index in [1.807, 2.05) is 12.1 Å². The van der Waals surface area contributed by atoms with E-state index in [4.69, 9.17) is 18.5 Å². The summed E-state index contributed by atoms with van der Waals surface area (Å²) in [6, 6.07) is 7.25. The fraction of sp³-hybridized carbons (Fsp3) is 0.735. The van der Waals surface area contributed by atoms with Gasteiger partial charge in [-0.2, -0.15) is 4.57 Å². The molecule has 1 aromatic carbocycles. The molecule has 1 heterocycles. The topological polar surface area (TPSA) is 78.1 Å². The van der Waals surface area contributed by atoms with Gasteiger partial charge in [0.2, 0.25) is 5.01 Å². The third-order valence-electron chi connectivity index (χ3n) is 7.52. The third kappa shape index (κ3) is 18.3. The molecule has 1 N–H and O–H groups in total. The molecule has 0 aliphatic heterocycles. The predicted molar refractivity (Wildman–Crippen MR) is 177 cm³/mol. The highest BCUT2D eigenvalue weighted by molar-refractivity contribution is 7.47. The Morgan fingerprint density at radius 1 is 0.907 bits per heavy atom. The minimum Gasteiger partial charge on any atom is -0.404 e. The molecule has 7 nitrogen and oxygen atoms in total. The van der Waals surface area contributed by atoms with Gasteiger partial charge in [-0.15, -0.1) is 0 Å². The SMILES string of the molecule is CCCCCCCCCCCCCCCCOCC(COP(=O)(O)Oc1cccc(C[n+]2ccsc2CC(C)C)c1)OC. The van der Waals surface area contributed by atoms with Gasteiger partial charge >= 0.3 is 7.82 Å². The van der Waals surface area contributed by atoms with Gasteiger partial charge in [0, 0.05) is 25.7 Å². The van der Waals surface area contributed by atoms with Gasteiger partial charge in [0.1, 0.15) is 11.9 Å². The first-order valence-electron chi connectivity index (χ1n) is 16.6. The van der Waals surface area contributed by atoms with Crippen molar-refractivity contribution < 1.29 is 32.5 Å². The van der Waals surface area contributed by atoms with Gasteiger partial charge in [-0.05, 0) is 24.5 Å². The summed E-state index contributed by atoms with van der Waals surface area (Å²) in [5, 5.41) is 3.39. The first-order valence-corrected chi connectivity index (χ1v) is 19.0. The van der Waals surface area contributed by atoms with E-state index < -0.39 is 13.9 Å². The zero-order valence-corrected chi connectivity index (χ0v) is 29.1. The van der Waals surface area contributed by atoms with Crippen molar-refractivity contribution in [2.45, 2.75) is 130 Å². The molecule has 0 saturated carbocycles. The highest BCUT2D eigenvalue weighted by Crippen LogP contribution is 2.44. The first-order chi connectivity index (χ1) is 20.8. The van der Waals surface area contributed by atoms with E-state index in [1.54, 1.807) is 30.6 Å². The molecule has 0 aliphatic carbocycles. The van der Waals surface area contributed by atoms with Crippen molar-refractivity contribution >= 4 is 19.2 Å². The van der Waals surface area contributed by atoms with Crippen molar-refractivity contribution in [3.05, 3.63) is 46.4 Å². The normalized spacial score (nSPS) is 13.8. The second kappa shape index (κ2) is 23.1. The molecule has 0 saturated heterocycles. The Morgan fingerprint density at radius 3 is 2.14 bits per heavy atom. The Bertz CT molecular complexity index is 1020. The molecule has 2 atom stereocenters. The van der Waals surface area contributed by atoms with Gasteiger partial charge in [-0.25, -0.2) is 4.57 Å². The van der Waals surface area contributed by atoms with Gasteiger partial charge in [0.05, 0.1) is 18.6 Å². The van der Waals surface area contributed by atoms with Crippen molar-refractivity contribution in [1.29, 1.82) is 0 Å². The van der Waals surface area contributed by atoms with E-state index >= 15 is 0 Å². The highest BCUT2D eigenvalue weighted by atomic mass is 32.1. The first kappa shape index (κ1) is 37.9. The summed E-state index contributed by atoms with van der Waals surface area (Å²) in [6.07, 6.45) is 21.2. The van der Waals surface area contributed by atoms with E-state index in [0.29, 0.717) is 31.4 Å². The molecule has 0 fully saturated rings. The smallest absolute Gasteiger partial charge is 0.404 e. The summed E-state index contributed by atoms with van der Waals surface area (Å²) in [7, 11) is -2.77. The van der Waals surface area contributed by atoms with Crippen LogP contribution in [0.5, 0.6) is 5.75 Å². The molecule has 0 spiro atoms. The number of hydrogen-bond donors (Lipinski definition) is 1. The lowest BCUT2D eigenvalue weighted by atomic mass is 10.0. The van der Waals surface area contributed by atoms with E-state index in [2.05, 4.69) is 36.9 Å². The van der Waals surface area contributed by atoms with Crippen LogP contribution in [0.2, 0.25) is 0 Å². The average Bonchev–Trinajstić information content (AvgIpc) is 3.39. The number of nitrogens with zero attached hydrogens (tertiary/aromatic N) is 1. The van der Waals surface area contributed by atoms with Crippen LogP contribution in [0.25, 0.3) is 0 Å². The minimum atomic E-state index is -4.32. The number of hydrogen-bond acceptors (Lipinski definition) is 6. The van der Waals surface area contributed by atoms with Crippen LogP contribution in [0, 0.1) is 5.92 Å². The van der Waals surface area contributed by atoms with Crippen LogP contribution in [0.4, 0.5) is 0 Å². The van der Waals surface area contributed by atoms with Crippen LogP contribution in [0.15, 0.2) is 35.8 Å². The number of methoxy groups -OCH3 is 1. The number of unbranched alkanes of at least 4 members (excludes halogenated alkanes) is 13. The monoisotopic (exact) mass is 640 g/mol. The van der Waals surface area contributed by atoms with Gasteiger partial charge in [-0.1, -0.05) is 128 Å². The fourth-order valence-electron chi connectivity index (χ4n) is 5.02. The van der Waals surface area contributed by atoms with E-state index in [9.17, 15) is 9.46 Å². The van der Waals surface area contributed by atoms with Crippen molar-refractivity contribution in [2.75, 3.05) is 26.9 Å². The lowest BCUT2D eigenvalue weighted by Gasteiger charge is -2.18. The standard InChI is InChI=1S/C34H58NO6PS/c1-5-6-7-8-9-10-11-12-13-14-15-16-17-18-23-39-28-33(38-4)29-40-42(36,37)41-32-21-19-20-31(26-32)27-35-22-24-43-34(35)25-30(2)3/h19-22,24,26,30,33H,5-18,23,25,27-29H2,1-4H3/p+1. The lowest BCUT2D eigenvalue weighted by molar-refractivity contribution is -0.690. The van der Waals surface area contributed by atoms with Crippen molar-refractivity contribution in [3.8, 4) is 5.75 Å². The van der Waals surface area contributed by atoms with Gasteiger partial charge in [0.15, 0.2) is 12.7 Å². The van der Waals surface area contributed by atoms with E-state index in [0.717, 1.165) is 24.8 Å². The summed E-state index contributed by atoms with van der Waals surface area (Å²) in [5.41, 5.74) is 0.984. The predicted octanol–water partition coefficient (Wildman–Crippen LogP) is 9.29. The highest BCUT2D eigenvalue weighted by Gasteiger charge is 2.26. The Morgan fingerprint density at radius 2 is 1.53 bits per heavy atom. The van der Waals surface area contributed by atoms with Crippen LogP contribution in [0.1, 0.15) is 121 Å². The average molecular weight is 641 g/mol. The summed E-state index contributed by atoms with van der Waals surface area (Å²) in [6.45, 7) is 8.22. The number of thiazole rings is 1. The number of ether oxygens (including phenoxy) is 2. The number of benzene rings is 1. The molecular formula is C34H59NO6PS+. The Hall–Kier alpha value is -1.28. The number of aromatic nitrogens is 1. The van der Waals surface area contributed by atoms with Gasteiger partial charge in [0.25, 0.3) is 0 Å². The van der Waals surface area contributed by atoms with Crippen LogP contribution in [-0.2, 0) is 31.5 Å². The summed E-state index contributed by atoms with van der Waals surface area (Å²) >= 11 is 1.74. The summed E-state index contributed by atoms with van der Waals surface area (Å²) in [4.78, 5) is 10.3. The maximum absolute atomic E-state index is 12.6. The third-order valence-corrected chi connectivity index (χ3v) is 9.37. The maximum Gasteiger partial charge on any atom is 0.527 e. The van der Waals surface area contributed by atoms with Crippen molar-refractivity contribution in [3.63, 3.8) is 0 Å². The van der Waals surface area contributed by atoms with Crippen molar-refractivity contribution in [2.24, 2.45) is 5.92 Å². The zero-order chi connectivity index (χ0) is 31.2. The number of phosphoric ester groups is 1. The van der Waals surface area contributed by atoms with Crippen LogP contribution < -0.4 is 9.09 Å². The van der Waals surface area contributed by atoms with Crippen LogP contribution >= 0.6 is 19.2 Å². The minimum absolute atomic E-state index is 0.0912. The lowest BCUT2D eigenvalue weighted by Crippen LogP contribution is -2.36. The zero-order valence-electron chi connectivity index (χ0n) is 27.3. The largest absolute Gasteiger partial charge is 0.527 e. The molecule has 9 heteroatoms. The molecule has 246 valence electrons. The molecular weight excluding hydrogens is 581 g/mol. The molecule has 0 amide bonds. The second-order valence-corrected chi connectivity index (χ2v) is 14.4. The molecule has 2 aromatic rings. The molecule has 0 aliphatic rings. The Kier molecular flexibility index (Phi) is 20.4. The van der Waals surface area contributed by atoms with Gasteiger partial charge < -0.3 is 14.0 Å².